The third-order valence-corrected chi connectivity index (χ3v) is 4.15. The molecule has 0 spiro atoms. The van der Waals surface area contributed by atoms with Gasteiger partial charge in [0.1, 0.15) is 0 Å². The van der Waals surface area contributed by atoms with Gasteiger partial charge in [0, 0.05) is 19.1 Å². The molecule has 19 heavy (non-hydrogen) atoms. The molecule has 0 saturated carbocycles. The van der Waals surface area contributed by atoms with E-state index in [0.717, 1.165) is 40.8 Å². The van der Waals surface area contributed by atoms with E-state index in [9.17, 15) is 0 Å². The van der Waals surface area contributed by atoms with Crippen LogP contribution in [0.15, 0.2) is 10.7 Å². The minimum absolute atomic E-state index is 0.653. The fourth-order valence-corrected chi connectivity index (χ4v) is 2.80. The van der Waals surface area contributed by atoms with Gasteiger partial charge in [-0.05, 0) is 35.2 Å². The van der Waals surface area contributed by atoms with Crippen LogP contribution in [0.2, 0.25) is 0 Å². The summed E-state index contributed by atoms with van der Waals surface area (Å²) in [5, 5.41) is 12.8. The molecule has 0 unspecified atom stereocenters. The average Bonchev–Trinajstić information content (AvgIpc) is 2.96. The lowest BCUT2D eigenvalue weighted by Gasteiger charge is -2.02. The molecule has 0 fully saturated rings. The summed E-state index contributed by atoms with van der Waals surface area (Å²) in [5.41, 5.74) is 3.15. The number of halogens is 2. The van der Waals surface area contributed by atoms with Gasteiger partial charge in [-0.15, -0.1) is 16.7 Å². The van der Waals surface area contributed by atoms with Gasteiger partial charge in [0.05, 0.1) is 28.1 Å². The number of aromatic nitrogens is 5. The smallest absolute Gasteiger partial charge is 0.0857 e. The van der Waals surface area contributed by atoms with Crippen LogP contribution in [0.3, 0.4) is 0 Å². The molecule has 2 aromatic heterocycles. The van der Waals surface area contributed by atoms with E-state index in [1.54, 1.807) is 0 Å². The number of alkyl halides is 1. The summed E-state index contributed by atoms with van der Waals surface area (Å²) in [4.78, 5) is 0. The maximum absolute atomic E-state index is 5.68. The summed E-state index contributed by atoms with van der Waals surface area (Å²) in [6.45, 7) is 2.76. The molecule has 104 valence electrons. The van der Waals surface area contributed by atoms with Gasteiger partial charge in [0.25, 0.3) is 0 Å². The highest BCUT2D eigenvalue weighted by molar-refractivity contribution is 9.10. The van der Waals surface area contributed by atoms with Gasteiger partial charge in [-0.1, -0.05) is 12.1 Å². The molecule has 0 aromatic carbocycles. The molecular formula is C12H17BrClN5. The largest absolute Gasteiger partial charge is 0.269 e. The highest BCUT2D eigenvalue weighted by Crippen LogP contribution is 2.22. The molecule has 0 aliphatic carbocycles. The average molecular weight is 347 g/mol. The first-order valence-electron chi connectivity index (χ1n) is 6.31. The van der Waals surface area contributed by atoms with E-state index in [4.69, 9.17) is 11.6 Å². The normalized spacial score (nSPS) is 11.2. The van der Waals surface area contributed by atoms with Crippen LogP contribution in [-0.4, -0.2) is 30.7 Å². The first kappa shape index (κ1) is 14.5. The Morgan fingerprint density at radius 1 is 1.42 bits per heavy atom. The maximum Gasteiger partial charge on any atom is 0.0857 e. The van der Waals surface area contributed by atoms with Crippen LogP contribution < -0.4 is 0 Å². The Kier molecular flexibility index (Phi) is 4.99. The molecule has 2 rings (SSSR count). The van der Waals surface area contributed by atoms with Crippen molar-refractivity contribution in [2.75, 3.05) is 5.88 Å². The molecule has 0 atom stereocenters. The van der Waals surface area contributed by atoms with E-state index in [0.29, 0.717) is 12.4 Å². The molecule has 0 aliphatic heterocycles. The SMILES string of the molecule is CCc1nn(C)c(Cn2cc(CCCCl)nn2)c1Br. The highest BCUT2D eigenvalue weighted by atomic mass is 79.9. The minimum atomic E-state index is 0.653. The van der Waals surface area contributed by atoms with Gasteiger partial charge in [-0.25, -0.2) is 4.68 Å². The number of rotatable bonds is 6. The Balaban J connectivity index is 2.12. The second-order valence-electron chi connectivity index (χ2n) is 4.38. The van der Waals surface area contributed by atoms with Crippen molar-refractivity contribution >= 4 is 27.5 Å². The zero-order chi connectivity index (χ0) is 13.8. The predicted octanol–water partition coefficient (Wildman–Crippen LogP) is 2.56. The second kappa shape index (κ2) is 6.52. The van der Waals surface area contributed by atoms with Crippen LogP contribution in [0, 0.1) is 0 Å². The quantitative estimate of drug-likeness (QED) is 0.755. The minimum Gasteiger partial charge on any atom is -0.269 e. The summed E-state index contributed by atoms with van der Waals surface area (Å²) in [6.07, 6.45) is 4.68. The van der Waals surface area contributed by atoms with Gasteiger partial charge in [0.15, 0.2) is 0 Å². The summed E-state index contributed by atoms with van der Waals surface area (Å²) in [7, 11) is 1.95. The van der Waals surface area contributed by atoms with Crippen molar-refractivity contribution < 1.29 is 0 Å². The van der Waals surface area contributed by atoms with Gasteiger partial charge in [-0.3, -0.25) is 4.68 Å². The molecule has 0 radical (unpaired) electrons. The van der Waals surface area contributed by atoms with Crippen LogP contribution >= 0.6 is 27.5 Å². The van der Waals surface area contributed by atoms with Crippen molar-refractivity contribution in [2.24, 2.45) is 7.05 Å². The first-order valence-corrected chi connectivity index (χ1v) is 7.63. The zero-order valence-corrected chi connectivity index (χ0v) is 13.4. The van der Waals surface area contributed by atoms with Crippen molar-refractivity contribution in [1.29, 1.82) is 0 Å². The lowest BCUT2D eigenvalue weighted by molar-refractivity contribution is 0.597. The van der Waals surface area contributed by atoms with Gasteiger partial charge in [0.2, 0.25) is 0 Å². The van der Waals surface area contributed by atoms with Crippen LogP contribution in [0.25, 0.3) is 0 Å². The summed E-state index contributed by atoms with van der Waals surface area (Å²) < 4.78 is 4.80. The Bertz CT molecular complexity index is 548. The topological polar surface area (TPSA) is 48.5 Å². The van der Waals surface area contributed by atoms with Crippen molar-refractivity contribution in [3.05, 3.63) is 27.8 Å². The third kappa shape index (κ3) is 3.36. The van der Waals surface area contributed by atoms with E-state index in [-0.39, 0.29) is 0 Å². The monoisotopic (exact) mass is 345 g/mol. The van der Waals surface area contributed by atoms with Gasteiger partial charge in [-0.2, -0.15) is 5.10 Å². The Morgan fingerprint density at radius 2 is 2.21 bits per heavy atom. The van der Waals surface area contributed by atoms with E-state index < -0.39 is 0 Å². The van der Waals surface area contributed by atoms with E-state index in [2.05, 4.69) is 38.3 Å². The van der Waals surface area contributed by atoms with Crippen molar-refractivity contribution in [2.45, 2.75) is 32.7 Å². The summed E-state index contributed by atoms with van der Waals surface area (Å²) >= 11 is 9.28. The Morgan fingerprint density at radius 3 is 2.84 bits per heavy atom. The standard InChI is InChI=1S/C12H17BrClN5/c1-3-10-12(13)11(18(2)16-10)8-19-7-9(15-17-19)5-4-6-14/h7H,3-6,8H2,1-2H3. The van der Waals surface area contributed by atoms with Gasteiger partial charge < -0.3 is 0 Å². The lowest BCUT2D eigenvalue weighted by Crippen LogP contribution is -2.06. The molecule has 0 bridgehead atoms. The van der Waals surface area contributed by atoms with E-state index in [1.165, 1.54) is 0 Å². The third-order valence-electron chi connectivity index (χ3n) is 2.97. The molecule has 0 amide bonds. The summed E-state index contributed by atoms with van der Waals surface area (Å²) in [6, 6.07) is 0. The molecule has 2 heterocycles. The van der Waals surface area contributed by atoms with Crippen LogP contribution in [0.4, 0.5) is 0 Å². The number of aryl methyl sites for hydroxylation is 3. The highest BCUT2D eigenvalue weighted by Gasteiger charge is 2.13. The fraction of sp³-hybridized carbons (Fsp3) is 0.583. The fourth-order valence-electron chi connectivity index (χ4n) is 1.92. The Labute approximate surface area is 126 Å². The van der Waals surface area contributed by atoms with Gasteiger partial charge >= 0.3 is 0 Å². The molecule has 0 aliphatic rings. The lowest BCUT2D eigenvalue weighted by atomic mass is 10.3. The molecule has 0 saturated heterocycles. The predicted molar refractivity (Wildman–Crippen MR) is 78.5 cm³/mol. The van der Waals surface area contributed by atoms with Crippen LogP contribution in [0.5, 0.6) is 0 Å². The second-order valence-corrected chi connectivity index (χ2v) is 5.56. The first-order chi connectivity index (χ1) is 9.15. The summed E-state index contributed by atoms with van der Waals surface area (Å²) in [5.74, 6) is 0.653. The number of hydrogen-bond donors (Lipinski definition) is 0. The molecule has 2 aromatic rings. The molecule has 7 heteroatoms. The Hall–Kier alpha value is -0.880. The number of nitrogens with zero attached hydrogens (tertiary/aromatic N) is 5. The molecule has 0 N–H and O–H groups in total. The van der Waals surface area contributed by atoms with Crippen molar-refractivity contribution in [1.82, 2.24) is 24.8 Å². The number of hydrogen-bond acceptors (Lipinski definition) is 3. The van der Waals surface area contributed by atoms with E-state index >= 15 is 0 Å². The molecule has 5 nitrogen and oxygen atoms in total. The van der Waals surface area contributed by atoms with Crippen LogP contribution in [0.1, 0.15) is 30.4 Å². The van der Waals surface area contributed by atoms with E-state index in [1.807, 2.05) is 22.6 Å². The van der Waals surface area contributed by atoms with Crippen LogP contribution in [-0.2, 0) is 26.4 Å². The maximum atomic E-state index is 5.68. The van der Waals surface area contributed by atoms with Crippen molar-refractivity contribution in [3.63, 3.8) is 0 Å². The molecular weight excluding hydrogens is 330 g/mol. The zero-order valence-electron chi connectivity index (χ0n) is 11.1. The van der Waals surface area contributed by atoms with Crippen molar-refractivity contribution in [3.8, 4) is 0 Å².